The van der Waals surface area contributed by atoms with E-state index in [9.17, 15) is 50.3 Å². The molecule has 7 rings (SSSR count). The molecule has 2 saturated heterocycles. The zero-order valence-electron chi connectivity index (χ0n) is 67.3. The van der Waals surface area contributed by atoms with Crippen molar-refractivity contribution < 1.29 is 88.6 Å². The number of nitrogens with one attached hydrogen (secondary N) is 3. The molecule has 0 aromatic carbocycles. The Morgan fingerprint density at radius 1 is 0.627 bits per heavy atom. The maximum Gasteiger partial charge on any atom is 0.393 e. The number of halogens is 7. The zero-order chi connectivity index (χ0) is 82.0. The van der Waals surface area contributed by atoms with E-state index in [2.05, 4.69) is 16.0 Å². The Bertz CT molecular complexity index is 3320. The molecule has 0 aromatic heterocycles. The van der Waals surface area contributed by atoms with Crippen LogP contribution in [0.2, 0.25) is 0 Å². The van der Waals surface area contributed by atoms with Gasteiger partial charge in [0.1, 0.15) is 53.9 Å². The third kappa shape index (κ3) is 22.8. The number of hydrogen-bond acceptors (Lipinski definition) is 13. The maximum absolute atomic E-state index is 15.8. The molecule has 12 atom stereocenters. The van der Waals surface area contributed by atoms with E-state index in [-0.39, 0.29) is 129 Å². The van der Waals surface area contributed by atoms with E-state index in [0.29, 0.717) is 19.3 Å². The molecule has 4 aliphatic carbocycles. The molecule has 4 saturated carbocycles. The third-order valence-electron chi connectivity index (χ3n) is 24.1. The van der Waals surface area contributed by atoms with Gasteiger partial charge < -0.3 is 64.8 Å². The standard InChI is InChI=1S/C78H123ClF6N12O13/c1-16-24-55-65(101)87-64(49-25-20-18-21-26-49)72(108)91(11)44-63(100)93(13)56-27-22-19-23-36-96(71(56)107)59(38-48-28-32-50(33-29-48)77(80,81)82)69(105)90(10)43-61(98)86-54(35-31-47-30-34-52(53(79)37-47)78(83,84)85)67(103)97-42-51(110-17-2)39-57(97)66(102)88-76(45-75(6,7)46-76)73(109)95(15)60(41-74(3,4)5)70(106)94(14)58(68(104)89(8)9)40-62(99)92(55)12/h19,22,47-60,64H,16-18,20-21,23-46H2,1-15H3,(H,86,98)(H,87,101)(H,88,102)/b22-19-/t47?,48?,50?,51-,52?,53?,54+,55+,56+,57+,58+,59+,60+,64+/m1/s1. The van der Waals surface area contributed by atoms with Gasteiger partial charge in [-0.1, -0.05) is 79.4 Å². The summed E-state index contributed by atoms with van der Waals surface area (Å²) < 4.78 is 91.1. The van der Waals surface area contributed by atoms with Gasteiger partial charge in [0, 0.05) is 87.9 Å². The summed E-state index contributed by atoms with van der Waals surface area (Å²) in [5.74, 6) is -13.7. The van der Waals surface area contributed by atoms with Gasteiger partial charge in [0.05, 0.1) is 37.5 Å². The number of carbonyl (C=O) groups is 12. The van der Waals surface area contributed by atoms with Crippen molar-refractivity contribution in [3.8, 4) is 0 Å². The minimum atomic E-state index is -4.58. The molecule has 3 N–H and O–H groups in total. The highest BCUT2D eigenvalue weighted by Crippen LogP contribution is 2.50. The van der Waals surface area contributed by atoms with Crippen molar-refractivity contribution in [2.45, 2.75) is 280 Å². The summed E-state index contributed by atoms with van der Waals surface area (Å²) in [5.41, 5.74) is -3.00. The van der Waals surface area contributed by atoms with E-state index in [0.717, 1.165) is 38.9 Å². The van der Waals surface area contributed by atoms with Crippen LogP contribution < -0.4 is 16.0 Å². The molecule has 0 aromatic rings. The number of nitrogens with zero attached hydrogens (tertiary/aromatic N) is 9. The maximum atomic E-state index is 15.8. The van der Waals surface area contributed by atoms with Crippen LogP contribution >= 0.6 is 11.6 Å². The van der Waals surface area contributed by atoms with Gasteiger partial charge in [-0.2, -0.15) is 26.3 Å². The molecule has 32 heteroatoms. The Kier molecular flexibility index (Phi) is 31.1. The molecule has 0 radical (unpaired) electrons. The highest BCUT2D eigenvalue weighted by Gasteiger charge is 2.59. The Labute approximate surface area is 650 Å². The fourth-order valence-electron chi connectivity index (χ4n) is 18.0. The molecule has 6 fully saturated rings. The second-order valence-electron chi connectivity index (χ2n) is 34.7. The average molecular weight is 1590 g/mol. The lowest BCUT2D eigenvalue weighted by Gasteiger charge is -2.54. The van der Waals surface area contributed by atoms with Crippen molar-refractivity contribution in [1.82, 2.24) is 60.0 Å². The van der Waals surface area contributed by atoms with Crippen LogP contribution in [-0.4, -0.2) is 282 Å². The molecule has 3 heterocycles. The highest BCUT2D eigenvalue weighted by atomic mass is 35.5. The molecule has 7 aliphatic rings. The van der Waals surface area contributed by atoms with E-state index < -0.39 is 209 Å². The molecule has 3 aliphatic heterocycles. The quantitative estimate of drug-likeness (QED) is 0.0955. The van der Waals surface area contributed by atoms with Crippen molar-refractivity contribution in [2.24, 2.45) is 40.4 Å². The normalized spacial score (nSPS) is 31.3. The van der Waals surface area contributed by atoms with Gasteiger partial charge in [-0.05, 0) is 151 Å². The molecule has 110 heavy (non-hydrogen) atoms. The van der Waals surface area contributed by atoms with E-state index in [1.165, 1.54) is 80.9 Å². The van der Waals surface area contributed by atoms with Gasteiger partial charge in [0.25, 0.3) is 0 Å². The van der Waals surface area contributed by atoms with E-state index in [1.54, 1.807) is 26.0 Å². The summed E-state index contributed by atoms with van der Waals surface area (Å²) in [6.07, 6.45) is -4.14. The molecule has 2 bridgehead atoms. The monoisotopic (exact) mass is 1580 g/mol. The first kappa shape index (κ1) is 90.4. The number of likely N-dealkylation sites (N-methyl/N-ethyl adjacent to an activating group) is 7. The predicted molar refractivity (Wildman–Crippen MR) is 399 cm³/mol. The Morgan fingerprint density at radius 2 is 1.25 bits per heavy atom. The number of hydrogen-bond donors (Lipinski definition) is 3. The van der Waals surface area contributed by atoms with Crippen LogP contribution in [0.4, 0.5) is 26.3 Å². The van der Waals surface area contributed by atoms with Crippen molar-refractivity contribution in [3.05, 3.63) is 12.2 Å². The number of ether oxygens (including phenoxy) is 1. The lowest BCUT2D eigenvalue weighted by atomic mass is 9.58. The van der Waals surface area contributed by atoms with E-state index >= 15 is 33.6 Å². The summed E-state index contributed by atoms with van der Waals surface area (Å²) in [7, 11) is 11.1. The first-order chi connectivity index (χ1) is 51.2. The minimum absolute atomic E-state index is 0.00152. The molecular formula is C78H123ClF6N12O13. The van der Waals surface area contributed by atoms with Crippen LogP contribution in [0.3, 0.4) is 0 Å². The van der Waals surface area contributed by atoms with Gasteiger partial charge in [-0.15, -0.1) is 11.6 Å². The molecule has 622 valence electrons. The van der Waals surface area contributed by atoms with Gasteiger partial charge >= 0.3 is 12.4 Å². The van der Waals surface area contributed by atoms with Crippen LogP contribution in [0.1, 0.15) is 203 Å². The fraction of sp³-hybridized carbons (Fsp3) is 0.821. The average Bonchev–Trinajstić information content (AvgIpc) is 0.939. The fourth-order valence-corrected chi connectivity index (χ4v) is 18.5. The van der Waals surface area contributed by atoms with Gasteiger partial charge in [-0.25, -0.2) is 0 Å². The summed E-state index contributed by atoms with van der Waals surface area (Å²) in [4.78, 5) is 193. The molecule has 3 unspecified atom stereocenters. The largest absolute Gasteiger partial charge is 0.393 e. The molecule has 12 amide bonds. The van der Waals surface area contributed by atoms with Crippen LogP contribution in [-0.2, 0) is 62.3 Å². The summed E-state index contributed by atoms with van der Waals surface area (Å²) in [6.45, 7) is 11.3. The summed E-state index contributed by atoms with van der Waals surface area (Å²) >= 11 is 6.44. The van der Waals surface area contributed by atoms with Crippen molar-refractivity contribution in [3.63, 3.8) is 0 Å². The highest BCUT2D eigenvalue weighted by molar-refractivity contribution is 6.21. The minimum Gasteiger partial charge on any atom is -0.377 e. The number of alkyl halides is 7. The summed E-state index contributed by atoms with van der Waals surface area (Å²) in [5, 5.41) is 7.46. The number of fused-ring (bicyclic) bond motifs is 3. The molecule has 25 nitrogen and oxygen atoms in total. The van der Waals surface area contributed by atoms with Gasteiger partial charge in [0.2, 0.25) is 70.9 Å². The zero-order valence-corrected chi connectivity index (χ0v) is 68.1. The Morgan fingerprint density at radius 3 is 1.83 bits per heavy atom. The number of rotatable bonds is 12. The van der Waals surface area contributed by atoms with Crippen molar-refractivity contribution >= 4 is 82.5 Å². The van der Waals surface area contributed by atoms with Crippen molar-refractivity contribution in [1.29, 1.82) is 0 Å². The third-order valence-corrected chi connectivity index (χ3v) is 24.6. The van der Waals surface area contributed by atoms with Crippen LogP contribution in [0, 0.1) is 40.4 Å². The second kappa shape index (κ2) is 37.9. The van der Waals surface area contributed by atoms with Crippen LogP contribution in [0.5, 0.6) is 0 Å². The number of amides is 12. The summed E-state index contributed by atoms with van der Waals surface area (Å²) in [6, 6.07) is -11.0. The van der Waals surface area contributed by atoms with Gasteiger partial charge in [-0.3, -0.25) is 57.5 Å². The molecule has 1 spiro atoms. The van der Waals surface area contributed by atoms with E-state index in [4.69, 9.17) is 16.3 Å². The lowest BCUT2D eigenvalue weighted by Crippen LogP contribution is -2.71. The second-order valence-corrected chi connectivity index (χ2v) is 35.2. The van der Waals surface area contributed by atoms with Crippen LogP contribution in [0.25, 0.3) is 0 Å². The van der Waals surface area contributed by atoms with E-state index in [1.807, 2.05) is 34.6 Å². The Hall–Kier alpha value is -6.79. The Balaban J connectivity index is 1.34. The number of carbonyl (C=O) groups excluding carboxylic acids is 12. The van der Waals surface area contributed by atoms with Crippen molar-refractivity contribution in [2.75, 3.05) is 89.2 Å². The van der Waals surface area contributed by atoms with Gasteiger partial charge in [0.15, 0.2) is 0 Å². The van der Waals surface area contributed by atoms with Crippen LogP contribution in [0.15, 0.2) is 12.2 Å². The lowest BCUT2D eigenvalue weighted by molar-refractivity contribution is -0.184. The molecular weight excluding hydrogens is 1460 g/mol. The smallest absolute Gasteiger partial charge is 0.377 e. The predicted octanol–water partition coefficient (Wildman–Crippen LogP) is 7.84. The first-order valence-corrected chi connectivity index (χ1v) is 40.0. The topological polar surface area (TPSA) is 279 Å². The first-order valence-electron chi connectivity index (χ1n) is 39.6. The SMILES string of the molecule is CCC[C@H]1C(=O)N[C@@H](C2CCCCC2)C(=O)N(C)CC(=O)N(C)[C@H]2C/C=C\CCN(C2=O)[C@@H](CC2CCC(C(F)(F)F)CC2)C(=O)N(C)CC(=O)N[C@@H](CCC2CCC(C(F)(F)F)C(Cl)C2)C(=O)N2C[C@H](OCC)C[C@H]2C(=O)NC2(CC(C)(C)C2)C(=O)N(C)[C@@H](CC(C)(C)C)C(=O)N(C)[C@H](C(=O)N(C)C)CC(=O)N1C.